The zero-order valence-electron chi connectivity index (χ0n) is 16.2. The summed E-state index contributed by atoms with van der Waals surface area (Å²) in [5.74, 6) is -1.32. The Morgan fingerprint density at radius 1 is 1.07 bits per heavy atom. The molecule has 3 rings (SSSR count). The van der Waals surface area contributed by atoms with E-state index in [1.165, 1.54) is 24.3 Å². The van der Waals surface area contributed by atoms with Crippen molar-refractivity contribution in [3.63, 3.8) is 0 Å². The quantitative estimate of drug-likeness (QED) is 0.745. The van der Waals surface area contributed by atoms with Crippen molar-refractivity contribution in [2.24, 2.45) is 0 Å². The average Bonchev–Trinajstić information content (AvgIpc) is 2.93. The molecule has 0 aromatic heterocycles. The molecule has 1 saturated heterocycles. The van der Waals surface area contributed by atoms with Gasteiger partial charge in [0.2, 0.25) is 5.54 Å². The normalized spacial score (nSPS) is 19.7. The molecule has 154 valence electrons. The second-order valence-corrected chi connectivity index (χ2v) is 7.05. The van der Waals surface area contributed by atoms with Crippen molar-refractivity contribution in [1.82, 2.24) is 15.1 Å². The Balaban J connectivity index is 1.88. The number of benzene rings is 2. The van der Waals surface area contributed by atoms with Gasteiger partial charge in [0.15, 0.2) is 0 Å². The largest absolute Gasteiger partial charge is 0.425 e. The van der Waals surface area contributed by atoms with Crippen LogP contribution in [0, 0.1) is 6.92 Å². The summed E-state index contributed by atoms with van der Waals surface area (Å²) in [5.41, 5.74) is -1.39. The number of alkyl halides is 3. The van der Waals surface area contributed by atoms with Gasteiger partial charge in [-0.2, -0.15) is 13.2 Å². The van der Waals surface area contributed by atoms with E-state index in [1.807, 2.05) is 43.4 Å². The van der Waals surface area contributed by atoms with Gasteiger partial charge >= 0.3 is 12.2 Å². The minimum absolute atomic E-state index is 0.236. The molecular weight excluding hydrogens is 383 g/mol. The Morgan fingerprint density at radius 3 is 2.34 bits per heavy atom. The highest BCUT2D eigenvalue weighted by atomic mass is 19.4. The number of nitrogens with one attached hydrogen (secondary N) is 1. The van der Waals surface area contributed by atoms with Gasteiger partial charge in [-0.15, -0.1) is 0 Å². The van der Waals surface area contributed by atoms with Gasteiger partial charge in [0.25, 0.3) is 5.91 Å². The fourth-order valence-corrected chi connectivity index (χ4v) is 3.47. The molecule has 1 atom stereocenters. The molecule has 0 radical (unpaired) electrons. The van der Waals surface area contributed by atoms with E-state index >= 15 is 0 Å². The van der Waals surface area contributed by atoms with Crippen LogP contribution in [-0.4, -0.2) is 41.1 Å². The molecule has 2 aromatic carbocycles. The average molecular weight is 405 g/mol. The van der Waals surface area contributed by atoms with E-state index in [0.717, 1.165) is 11.1 Å². The zero-order chi connectivity index (χ0) is 21.2. The second kappa shape index (κ2) is 7.87. The van der Waals surface area contributed by atoms with Gasteiger partial charge in [0.05, 0.1) is 6.67 Å². The van der Waals surface area contributed by atoms with E-state index < -0.39 is 23.7 Å². The van der Waals surface area contributed by atoms with Gasteiger partial charge in [0.1, 0.15) is 0 Å². The van der Waals surface area contributed by atoms with Crippen LogP contribution >= 0.6 is 0 Å². The number of imide groups is 1. The summed E-state index contributed by atoms with van der Waals surface area (Å²) in [5, 5.41) is 1.91. The number of urea groups is 1. The lowest BCUT2D eigenvalue weighted by Gasteiger charge is -2.30. The molecule has 8 heteroatoms. The lowest BCUT2D eigenvalue weighted by Crippen LogP contribution is -2.56. The number of rotatable bonds is 6. The number of carbonyl (C=O) groups excluding carboxylic acids is 2. The van der Waals surface area contributed by atoms with Crippen molar-refractivity contribution >= 4 is 11.9 Å². The van der Waals surface area contributed by atoms with Gasteiger partial charge in [-0.1, -0.05) is 67.1 Å². The summed E-state index contributed by atoms with van der Waals surface area (Å²) in [6.07, 6.45) is -4.98. The van der Waals surface area contributed by atoms with E-state index in [1.54, 1.807) is 11.0 Å². The number of halogens is 3. The van der Waals surface area contributed by atoms with Crippen LogP contribution < -0.4 is 5.32 Å². The smallest absolute Gasteiger partial charge is 0.312 e. The van der Waals surface area contributed by atoms with Crippen LogP contribution in [0.1, 0.15) is 23.6 Å². The Labute approximate surface area is 167 Å². The number of aryl methyl sites for hydroxylation is 1. The molecule has 3 amide bonds. The summed E-state index contributed by atoms with van der Waals surface area (Å²) in [4.78, 5) is 27.8. The molecule has 0 bridgehead atoms. The van der Waals surface area contributed by atoms with Gasteiger partial charge in [-0.25, -0.2) is 9.69 Å². The Kier molecular flexibility index (Phi) is 5.66. The predicted octanol–water partition coefficient (Wildman–Crippen LogP) is 3.78. The molecular formula is C21H22F3N3O2. The van der Waals surface area contributed by atoms with Crippen molar-refractivity contribution in [2.45, 2.75) is 32.1 Å². The summed E-state index contributed by atoms with van der Waals surface area (Å²) in [6.45, 7) is 4.38. The zero-order valence-corrected chi connectivity index (χ0v) is 16.2. The van der Waals surface area contributed by atoms with Crippen LogP contribution in [0.15, 0.2) is 54.6 Å². The molecule has 1 unspecified atom stereocenters. The lowest BCUT2D eigenvalue weighted by atomic mass is 9.89. The summed E-state index contributed by atoms with van der Waals surface area (Å²) < 4.78 is 42.1. The van der Waals surface area contributed by atoms with E-state index in [2.05, 4.69) is 0 Å². The maximum atomic E-state index is 14.0. The van der Waals surface area contributed by atoms with E-state index in [0.29, 0.717) is 18.0 Å². The van der Waals surface area contributed by atoms with Crippen LogP contribution in [0.2, 0.25) is 0 Å². The van der Waals surface area contributed by atoms with E-state index in [-0.39, 0.29) is 12.2 Å². The number of nitrogens with zero attached hydrogens (tertiary/aromatic N) is 2. The lowest BCUT2D eigenvalue weighted by molar-refractivity contribution is -0.198. The molecule has 1 aliphatic heterocycles. The molecule has 0 aliphatic carbocycles. The van der Waals surface area contributed by atoms with Crippen molar-refractivity contribution in [3.8, 4) is 0 Å². The highest BCUT2D eigenvalue weighted by Gasteiger charge is 2.68. The highest BCUT2D eigenvalue weighted by molar-refractivity contribution is 6.08. The molecule has 29 heavy (non-hydrogen) atoms. The minimum Gasteiger partial charge on any atom is -0.312 e. The van der Waals surface area contributed by atoms with E-state index in [4.69, 9.17) is 0 Å². The van der Waals surface area contributed by atoms with Crippen molar-refractivity contribution in [2.75, 3.05) is 13.2 Å². The molecule has 1 fully saturated rings. The number of amides is 3. The molecule has 0 spiro atoms. The van der Waals surface area contributed by atoms with Gasteiger partial charge in [-0.3, -0.25) is 9.69 Å². The minimum atomic E-state index is -4.98. The topological polar surface area (TPSA) is 52.6 Å². The Hall–Kier alpha value is -2.87. The van der Waals surface area contributed by atoms with Crippen molar-refractivity contribution in [3.05, 3.63) is 71.3 Å². The SMILES string of the molecule is CCN(Cc1cccc(C)c1)CN1C(=O)NC(c2ccccc2)(C(F)(F)F)C1=O. The maximum absolute atomic E-state index is 14.0. The van der Waals surface area contributed by atoms with Crippen molar-refractivity contribution in [1.29, 1.82) is 0 Å². The van der Waals surface area contributed by atoms with Gasteiger partial charge < -0.3 is 5.32 Å². The maximum Gasteiger partial charge on any atom is 0.425 e. The summed E-state index contributed by atoms with van der Waals surface area (Å²) in [6, 6.07) is 13.4. The molecule has 2 aromatic rings. The first kappa shape index (κ1) is 20.9. The number of hydrogen-bond donors (Lipinski definition) is 1. The first-order valence-electron chi connectivity index (χ1n) is 9.23. The molecule has 5 nitrogen and oxygen atoms in total. The Bertz CT molecular complexity index is 902. The first-order valence-corrected chi connectivity index (χ1v) is 9.23. The summed E-state index contributed by atoms with van der Waals surface area (Å²) >= 11 is 0. The molecule has 1 heterocycles. The van der Waals surface area contributed by atoms with Crippen LogP contribution in [0.3, 0.4) is 0 Å². The van der Waals surface area contributed by atoms with Crippen LogP contribution in [-0.2, 0) is 16.9 Å². The van der Waals surface area contributed by atoms with Gasteiger partial charge in [0, 0.05) is 6.54 Å². The van der Waals surface area contributed by atoms with Gasteiger partial charge in [-0.05, 0) is 24.6 Å². The standard InChI is InChI=1S/C21H22F3N3O2/c1-3-26(13-16-9-7-8-15(2)12-16)14-27-18(28)20(21(22,23)24,25-19(27)29)17-10-5-4-6-11-17/h4-12H,3,13-14H2,1-2H3,(H,25,29). The molecule has 0 saturated carbocycles. The number of carbonyl (C=O) groups is 2. The van der Waals surface area contributed by atoms with Crippen LogP contribution in [0.4, 0.5) is 18.0 Å². The monoisotopic (exact) mass is 405 g/mol. The number of hydrogen-bond acceptors (Lipinski definition) is 3. The van der Waals surface area contributed by atoms with Crippen molar-refractivity contribution < 1.29 is 22.8 Å². The molecule has 1 N–H and O–H groups in total. The van der Waals surface area contributed by atoms with Crippen LogP contribution in [0.25, 0.3) is 0 Å². The Morgan fingerprint density at radius 2 is 1.76 bits per heavy atom. The third-order valence-corrected chi connectivity index (χ3v) is 5.01. The predicted molar refractivity (Wildman–Crippen MR) is 102 cm³/mol. The van der Waals surface area contributed by atoms with Crippen LogP contribution in [0.5, 0.6) is 0 Å². The molecule has 1 aliphatic rings. The fraction of sp³-hybridized carbons (Fsp3) is 0.333. The highest BCUT2D eigenvalue weighted by Crippen LogP contribution is 2.43. The first-order chi connectivity index (χ1) is 13.7. The second-order valence-electron chi connectivity index (χ2n) is 7.05. The third-order valence-electron chi connectivity index (χ3n) is 5.01. The van der Waals surface area contributed by atoms with E-state index in [9.17, 15) is 22.8 Å². The summed E-state index contributed by atoms with van der Waals surface area (Å²) in [7, 11) is 0. The third kappa shape index (κ3) is 3.85. The fourth-order valence-electron chi connectivity index (χ4n) is 3.47.